The Morgan fingerprint density at radius 2 is 1.86 bits per heavy atom. The third-order valence-corrected chi connectivity index (χ3v) is 10.3. The molecule has 268 valence electrons. The van der Waals surface area contributed by atoms with Crippen LogP contribution >= 0.6 is 11.6 Å². The summed E-state index contributed by atoms with van der Waals surface area (Å²) >= 11 is 6.46. The molecule has 0 radical (unpaired) electrons. The molecule has 10 nitrogen and oxygen atoms in total. The van der Waals surface area contributed by atoms with Crippen LogP contribution in [0.25, 0.3) is 0 Å². The molecule has 2 heterocycles. The van der Waals surface area contributed by atoms with Gasteiger partial charge < -0.3 is 24.2 Å². The molecule has 1 aromatic heterocycles. The summed E-state index contributed by atoms with van der Waals surface area (Å²) in [5.74, 6) is -3.60. The van der Waals surface area contributed by atoms with Gasteiger partial charge in [0, 0.05) is 42.9 Å². The van der Waals surface area contributed by atoms with Crippen molar-refractivity contribution in [2.24, 2.45) is 10.4 Å². The molecule has 1 fully saturated rings. The predicted molar refractivity (Wildman–Crippen MR) is 180 cm³/mol. The second-order valence-electron chi connectivity index (χ2n) is 13.1. The van der Waals surface area contributed by atoms with E-state index >= 15 is 8.78 Å². The third-order valence-electron chi connectivity index (χ3n) is 8.13. The Labute approximate surface area is 290 Å². The smallest absolute Gasteiger partial charge is 0.271 e. The zero-order valence-electron chi connectivity index (χ0n) is 28.4. The Kier molecular flexibility index (Phi) is 11.9. The number of hydrogen-bond acceptors (Lipinski definition) is 9. The van der Waals surface area contributed by atoms with E-state index in [2.05, 4.69) is 16.9 Å². The molecule has 0 spiro atoms. The minimum atomic E-state index is -5.07. The van der Waals surface area contributed by atoms with Crippen molar-refractivity contribution < 1.29 is 40.9 Å². The lowest BCUT2D eigenvalue weighted by molar-refractivity contribution is -0.260. The summed E-state index contributed by atoms with van der Waals surface area (Å²) in [4.78, 5) is 8.05. The number of hydrogen-bond donors (Lipinski definition) is 0. The zero-order valence-corrected chi connectivity index (χ0v) is 29.9. The number of aromatic nitrogens is 1. The maximum atomic E-state index is 16.1. The van der Waals surface area contributed by atoms with E-state index in [4.69, 9.17) is 25.8 Å². The van der Waals surface area contributed by atoms with Crippen LogP contribution in [0, 0.1) is 23.0 Å². The topological polar surface area (TPSA) is 117 Å². The zero-order chi connectivity index (χ0) is 36.1. The Bertz CT molecular complexity index is 1790. The third kappa shape index (κ3) is 9.21. The normalized spacial score (nSPS) is 16.9. The Hall–Kier alpha value is -3.91. The van der Waals surface area contributed by atoms with Gasteiger partial charge in [0.15, 0.2) is 10.7 Å². The highest BCUT2D eigenvalue weighted by atomic mass is 35.5. The second kappa shape index (κ2) is 15.3. The molecule has 0 unspecified atom stereocenters. The summed E-state index contributed by atoms with van der Waals surface area (Å²) < 4.78 is 90.8. The van der Waals surface area contributed by atoms with Crippen LogP contribution in [0.4, 0.5) is 24.7 Å². The van der Waals surface area contributed by atoms with Gasteiger partial charge in [-0.3, -0.25) is 4.99 Å². The van der Waals surface area contributed by atoms with E-state index in [1.54, 1.807) is 31.7 Å². The molecule has 1 aliphatic rings. The largest absolute Gasteiger partial charge is 0.595 e. The number of methoxy groups -OCH3 is 2. The number of unbranched alkanes of at least 4 members (excludes halogenated alkanes) is 1. The van der Waals surface area contributed by atoms with Gasteiger partial charge in [-0.1, -0.05) is 51.8 Å². The van der Waals surface area contributed by atoms with Crippen LogP contribution in [-0.4, -0.2) is 58.9 Å². The SMILES string of the molecule is COc1ccc(CN(c2cccc(F)n2)S(=O)(=O)c2c(F)cc(N3CC[C@](C)(CCCCN=C([O-])OC(C)(C)C)C3)c(Cl)c2F)c(OC)c1. The van der Waals surface area contributed by atoms with Crippen LogP contribution in [-0.2, 0) is 21.3 Å². The molecule has 1 atom stereocenters. The van der Waals surface area contributed by atoms with Gasteiger partial charge in [0.1, 0.15) is 34.2 Å². The van der Waals surface area contributed by atoms with Gasteiger partial charge in [0.2, 0.25) is 5.95 Å². The summed E-state index contributed by atoms with van der Waals surface area (Å²) in [5, 5.41) is 11.3. The maximum Gasteiger partial charge on any atom is 0.271 e. The molecule has 15 heteroatoms. The quantitative estimate of drug-likeness (QED) is 0.0647. The van der Waals surface area contributed by atoms with Crippen molar-refractivity contribution in [3.05, 3.63) is 70.6 Å². The highest BCUT2D eigenvalue weighted by molar-refractivity contribution is 7.92. The number of benzene rings is 2. The van der Waals surface area contributed by atoms with E-state index in [0.29, 0.717) is 42.5 Å². The molecule has 0 saturated carbocycles. The van der Waals surface area contributed by atoms with Crippen molar-refractivity contribution in [1.29, 1.82) is 0 Å². The van der Waals surface area contributed by atoms with Gasteiger partial charge in [-0.25, -0.2) is 26.5 Å². The minimum Gasteiger partial charge on any atom is -0.595 e. The Morgan fingerprint density at radius 1 is 1.12 bits per heavy atom. The molecule has 1 saturated heterocycles. The summed E-state index contributed by atoms with van der Waals surface area (Å²) in [6.07, 6.45) is 2.26. The van der Waals surface area contributed by atoms with Crippen molar-refractivity contribution in [2.75, 3.05) is 43.1 Å². The minimum absolute atomic E-state index is 0.0199. The lowest BCUT2D eigenvalue weighted by Gasteiger charge is -2.29. The predicted octanol–water partition coefficient (Wildman–Crippen LogP) is 6.48. The number of sulfonamides is 1. The molecule has 1 aliphatic heterocycles. The van der Waals surface area contributed by atoms with Crippen molar-refractivity contribution in [2.45, 2.75) is 70.4 Å². The second-order valence-corrected chi connectivity index (χ2v) is 15.3. The fourth-order valence-electron chi connectivity index (χ4n) is 5.67. The number of aliphatic imine (C=N–C) groups is 1. The van der Waals surface area contributed by atoms with Crippen molar-refractivity contribution in [1.82, 2.24) is 4.98 Å². The number of anilines is 2. The molecule has 49 heavy (non-hydrogen) atoms. The van der Waals surface area contributed by atoms with Gasteiger partial charge >= 0.3 is 0 Å². The highest BCUT2D eigenvalue weighted by Crippen LogP contribution is 2.43. The van der Waals surface area contributed by atoms with E-state index in [1.807, 2.05) is 0 Å². The summed E-state index contributed by atoms with van der Waals surface area (Å²) in [6.45, 7) is 8.01. The lowest BCUT2D eigenvalue weighted by atomic mass is 9.84. The number of pyridine rings is 1. The number of rotatable bonds is 13. The maximum absolute atomic E-state index is 16.1. The number of nitrogens with zero attached hydrogens (tertiary/aromatic N) is 4. The van der Waals surface area contributed by atoms with Gasteiger partial charge in [-0.05, 0) is 48.9 Å². The average Bonchev–Trinajstić information content (AvgIpc) is 3.41. The first-order valence-corrected chi connectivity index (χ1v) is 17.5. The molecule has 0 amide bonds. The fraction of sp³-hybridized carbons (Fsp3) is 0.471. The molecule has 3 aromatic rings. The van der Waals surface area contributed by atoms with E-state index in [0.717, 1.165) is 25.0 Å². The molecule has 0 N–H and O–H groups in total. The van der Waals surface area contributed by atoms with Gasteiger partial charge in [0.05, 0.1) is 26.5 Å². The van der Waals surface area contributed by atoms with Gasteiger partial charge in [-0.2, -0.15) is 4.39 Å². The van der Waals surface area contributed by atoms with Gasteiger partial charge in [0.25, 0.3) is 10.0 Å². The van der Waals surface area contributed by atoms with Crippen LogP contribution in [0.5, 0.6) is 11.5 Å². The standard InChI is InChI=1S/C34H42ClF3N4O6S/c1-33(2,3)48-32(43)39-16-8-7-14-34(4)15-17-41(21-34)25-19-24(36)31(30(38)29(25)35)49(44,45)42(28-11-9-10-27(37)40-28)20-22-12-13-23(46-5)18-26(22)47-6/h9-13,18-19H,7-8,14-17,20-21H2,1-6H3,(H,39,43)/p-1/t34-/m0/s1. The fourth-order valence-corrected chi connectivity index (χ4v) is 7.50. The summed E-state index contributed by atoms with van der Waals surface area (Å²) in [5.41, 5.74) is -0.542. The van der Waals surface area contributed by atoms with Crippen LogP contribution in [0.3, 0.4) is 0 Å². The van der Waals surface area contributed by atoms with Crippen LogP contribution < -0.4 is 23.8 Å². The molecule has 0 aliphatic carbocycles. The first-order valence-electron chi connectivity index (χ1n) is 15.7. The van der Waals surface area contributed by atoms with Crippen LogP contribution in [0.2, 0.25) is 5.02 Å². The Balaban J connectivity index is 1.58. The average molecular weight is 726 g/mol. The molecular weight excluding hydrogens is 685 g/mol. The van der Waals surface area contributed by atoms with Crippen molar-refractivity contribution >= 4 is 39.2 Å². The monoisotopic (exact) mass is 725 g/mol. The number of ether oxygens (including phenoxy) is 3. The lowest BCUT2D eigenvalue weighted by Crippen LogP contribution is -2.33. The van der Waals surface area contributed by atoms with E-state index in [1.165, 1.54) is 38.5 Å². The molecule has 2 aromatic carbocycles. The first kappa shape index (κ1) is 37.9. The van der Waals surface area contributed by atoms with E-state index in [9.17, 15) is 17.9 Å². The Morgan fingerprint density at radius 3 is 2.51 bits per heavy atom. The first-order chi connectivity index (χ1) is 23.0. The van der Waals surface area contributed by atoms with E-state index in [-0.39, 0.29) is 22.4 Å². The summed E-state index contributed by atoms with van der Waals surface area (Å²) in [6, 6.07) is 8.94. The summed E-state index contributed by atoms with van der Waals surface area (Å²) in [7, 11) is -2.26. The van der Waals surface area contributed by atoms with Crippen molar-refractivity contribution in [3.8, 4) is 11.5 Å². The molecule has 4 rings (SSSR count). The van der Waals surface area contributed by atoms with Crippen LogP contribution in [0.15, 0.2) is 52.4 Å². The molecular formula is C34H41ClF3N4O6S-. The number of halogens is 4. The van der Waals surface area contributed by atoms with Crippen LogP contribution in [0.1, 0.15) is 58.9 Å². The van der Waals surface area contributed by atoms with Crippen molar-refractivity contribution in [3.63, 3.8) is 0 Å². The van der Waals surface area contributed by atoms with E-state index < -0.39 is 61.6 Å². The molecule has 0 bridgehead atoms. The van der Waals surface area contributed by atoms with Gasteiger partial charge in [-0.15, -0.1) is 0 Å². The highest BCUT2D eigenvalue weighted by Gasteiger charge is 2.39.